The summed E-state index contributed by atoms with van der Waals surface area (Å²) < 4.78 is 10.8. The number of aromatic nitrogens is 1. The lowest BCUT2D eigenvalue weighted by Gasteiger charge is -2.42. The third-order valence-electron chi connectivity index (χ3n) is 5.91. The molecule has 1 aromatic rings. The van der Waals surface area contributed by atoms with Crippen LogP contribution in [0.25, 0.3) is 0 Å². The molecule has 0 bridgehead atoms. The third kappa shape index (κ3) is 3.80. The minimum Gasteiger partial charge on any atom is -0.481 e. The minimum absolute atomic E-state index is 0.181. The molecule has 0 aliphatic carbocycles. The summed E-state index contributed by atoms with van der Waals surface area (Å²) in [5, 5.41) is 0. The van der Waals surface area contributed by atoms with E-state index < -0.39 is 0 Å². The molecule has 0 saturated carbocycles. The Kier molecular flexibility index (Phi) is 5.59. The van der Waals surface area contributed by atoms with Crippen molar-refractivity contribution in [3.05, 3.63) is 23.9 Å². The standard InChI is InChI=1S/C19H29N3O3/c1-15(23)22-12-17(13-24-2)19(14-22)6-9-21(10-7-19)11-16-5-4-8-20-18(16)25-3/h4-5,8,17H,6-7,9-14H2,1-3H3. The van der Waals surface area contributed by atoms with Gasteiger partial charge in [-0.15, -0.1) is 0 Å². The molecule has 0 N–H and O–H groups in total. The van der Waals surface area contributed by atoms with Crippen LogP contribution in [0.1, 0.15) is 25.3 Å². The smallest absolute Gasteiger partial charge is 0.219 e. The topological polar surface area (TPSA) is 54.9 Å². The van der Waals surface area contributed by atoms with Crippen molar-refractivity contribution in [3.8, 4) is 5.88 Å². The van der Waals surface area contributed by atoms with Gasteiger partial charge in [-0.1, -0.05) is 6.07 Å². The van der Waals surface area contributed by atoms with Gasteiger partial charge in [-0.2, -0.15) is 0 Å². The summed E-state index contributed by atoms with van der Waals surface area (Å²) in [5.41, 5.74) is 1.34. The second-order valence-corrected chi connectivity index (χ2v) is 7.36. The van der Waals surface area contributed by atoms with Crippen LogP contribution in [0.2, 0.25) is 0 Å². The van der Waals surface area contributed by atoms with Crippen molar-refractivity contribution >= 4 is 5.91 Å². The van der Waals surface area contributed by atoms with Crippen molar-refractivity contribution in [2.75, 3.05) is 47.0 Å². The molecule has 1 atom stereocenters. The van der Waals surface area contributed by atoms with Crippen LogP contribution in [0, 0.1) is 11.3 Å². The largest absolute Gasteiger partial charge is 0.481 e. The predicted molar refractivity (Wildman–Crippen MR) is 95.4 cm³/mol. The summed E-state index contributed by atoms with van der Waals surface area (Å²) in [4.78, 5) is 20.6. The Hall–Kier alpha value is -1.66. The summed E-state index contributed by atoms with van der Waals surface area (Å²) in [7, 11) is 3.43. The summed E-state index contributed by atoms with van der Waals surface area (Å²) in [6.45, 7) is 7.04. The number of rotatable bonds is 5. The van der Waals surface area contributed by atoms with Crippen LogP contribution < -0.4 is 4.74 Å². The Morgan fingerprint density at radius 1 is 1.36 bits per heavy atom. The molecule has 138 valence electrons. The Morgan fingerprint density at radius 3 is 2.76 bits per heavy atom. The van der Waals surface area contributed by atoms with Crippen molar-refractivity contribution in [2.45, 2.75) is 26.3 Å². The fourth-order valence-corrected chi connectivity index (χ4v) is 4.40. The van der Waals surface area contributed by atoms with E-state index in [1.165, 1.54) is 0 Å². The molecule has 0 radical (unpaired) electrons. The summed E-state index contributed by atoms with van der Waals surface area (Å²) in [6, 6.07) is 4.04. The maximum Gasteiger partial charge on any atom is 0.219 e. The molecular weight excluding hydrogens is 318 g/mol. The molecule has 2 aliphatic heterocycles. The summed E-state index contributed by atoms with van der Waals surface area (Å²) in [5.74, 6) is 1.33. The van der Waals surface area contributed by atoms with Gasteiger partial charge in [0.15, 0.2) is 0 Å². The second-order valence-electron chi connectivity index (χ2n) is 7.36. The molecule has 3 heterocycles. The summed E-state index contributed by atoms with van der Waals surface area (Å²) >= 11 is 0. The first kappa shape index (κ1) is 18.1. The number of ether oxygens (including phenoxy) is 2. The van der Waals surface area contributed by atoms with Crippen molar-refractivity contribution < 1.29 is 14.3 Å². The molecule has 0 aromatic carbocycles. The van der Waals surface area contributed by atoms with Crippen molar-refractivity contribution in [1.29, 1.82) is 0 Å². The van der Waals surface area contributed by atoms with Crippen LogP contribution in [0.3, 0.4) is 0 Å². The number of likely N-dealkylation sites (tertiary alicyclic amines) is 2. The molecule has 6 nitrogen and oxygen atoms in total. The van der Waals surface area contributed by atoms with E-state index in [1.807, 2.05) is 11.0 Å². The number of pyridine rings is 1. The zero-order valence-corrected chi connectivity index (χ0v) is 15.5. The van der Waals surface area contributed by atoms with Gasteiger partial charge in [-0.05, 0) is 37.4 Å². The van der Waals surface area contributed by atoms with E-state index in [-0.39, 0.29) is 11.3 Å². The van der Waals surface area contributed by atoms with Crippen molar-refractivity contribution in [3.63, 3.8) is 0 Å². The molecule has 2 aliphatic rings. The lowest BCUT2D eigenvalue weighted by molar-refractivity contribution is -0.128. The molecule has 1 unspecified atom stereocenters. The van der Waals surface area contributed by atoms with Gasteiger partial charge in [0, 0.05) is 51.3 Å². The number of hydrogen-bond donors (Lipinski definition) is 0. The number of piperidine rings is 1. The van der Waals surface area contributed by atoms with Crippen LogP contribution >= 0.6 is 0 Å². The molecule has 2 saturated heterocycles. The van der Waals surface area contributed by atoms with E-state index in [1.54, 1.807) is 27.3 Å². The van der Waals surface area contributed by atoms with E-state index in [9.17, 15) is 4.79 Å². The Labute approximate surface area is 150 Å². The quantitative estimate of drug-likeness (QED) is 0.813. The highest BCUT2D eigenvalue weighted by Gasteiger charge is 2.48. The molecule has 1 aromatic heterocycles. The first-order valence-electron chi connectivity index (χ1n) is 9.02. The summed E-state index contributed by atoms with van der Waals surface area (Å²) in [6.07, 6.45) is 3.97. The van der Waals surface area contributed by atoms with E-state index in [0.29, 0.717) is 11.8 Å². The van der Waals surface area contributed by atoms with Crippen molar-refractivity contribution in [1.82, 2.24) is 14.8 Å². The maximum absolute atomic E-state index is 11.9. The number of hydrogen-bond acceptors (Lipinski definition) is 5. The van der Waals surface area contributed by atoms with Gasteiger partial charge in [-0.3, -0.25) is 9.69 Å². The molecule has 3 rings (SSSR count). The Balaban J connectivity index is 1.64. The number of carbonyl (C=O) groups excluding carboxylic acids is 1. The lowest BCUT2D eigenvalue weighted by atomic mass is 9.71. The number of carbonyl (C=O) groups is 1. The van der Waals surface area contributed by atoms with Gasteiger partial charge in [0.25, 0.3) is 0 Å². The molecule has 6 heteroatoms. The highest BCUT2D eigenvalue weighted by atomic mass is 16.5. The van der Waals surface area contributed by atoms with Crippen LogP contribution in [0.5, 0.6) is 5.88 Å². The van der Waals surface area contributed by atoms with Gasteiger partial charge in [0.05, 0.1) is 13.7 Å². The van der Waals surface area contributed by atoms with Gasteiger partial charge in [0.1, 0.15) is 0 Å². The van der Waals surface area contributed by atoms with E-state index in [0.717, 1.165) is 57.7 Å². The van der Waals surface area contributed by atoms with Crippen LogP contribution in [-0.4, -0.2) is 67.7 Å². The van der Waals surface area contributed by atoms with Gasteiger partial charge < -0.3 is 14.4 Å². The Bertz CT molecular complexity index is 599. The van der Waals surface area contributed by atoms with Crippen molar-refractivity contribution in [2.24, 2.45) is 11.3 Å². The van der Waals surface area contributed by atoms with Gasteiger partial charge in [0.2, 0.25) is 11.8 Å². The number of amides is 1. The molecule has 1 spiro atoms. The van der Waals surface area contributed by atoms with Crippen LogP contribution in [0.15, 0.2) is 18.3 Å². The average molecular weight is 347 g/mol. The van der Waals surface area contributed by atoms with E-state index in [2.05, 4.69) is 16.0 Å². The second kappa shape index (κ2) is 7.70. The zero-order valence-electron chi connectivity index (χ0n) is 15.5. The number of methoxy groups -OCH3 is 2. The highest BCUT2D eigenvalue weighted by molar-refractivity contribution is 5.73. The zero-order chi connectivity index (χ0) is 17.9. The van der Waals surface area contributed by atoms with Gasteiger partial charge in [-0.25, -0.2) is 4.98 Å². The number of nitrogens with zero attached hydrogens (tertiary/aromatic N) is 3. The monoisotopic (exact) mass is 347 g/mol. The first-order chi connectivity index (χ1) is 12.1. The predicted octanol–water partition coefficient (Wildman–Crippen LogP) is 1.80. The Morgan fingerprint density at radius 2 is 2.12 bits per heavy atom. The molecule has 1 amide bonds. The highest BCUT2D eigenvalue weighted by Crippen LogP contribution is 2.45. The lowest BCUT2D eigenvalue weighted by Crippen LogP contribution is -2.45. The third-order valence-corrected chi connectivity index (χ3v) is 5.91. The fourth-order valence-electron chi connectivity index (χ4n) is 4.40. The first-order valence-corrected chi connectivity index (χ1v) is 9.02. The molecular formula is C19H29N3O3. The van der Waals surface area contributed by atoms with E-state index >= 15 is 0 Å². The minimum atomic E-state index is 0.181. The maximum atomic E-state index is 11.9. The molecule has 25 heavy (non-hydrogen) atoms. The van der Waals surface area contributed by atoms with Crippen LogP contribution in [-0.2, 0) is 16.1 Å². The normalized spacial score (nSPS) is 23.2. The fraction of sp³-hybridized carbons (Fsp3) is 0.684. The van der Waals surface area contributed by atoms with Gasteiger partial charge >= 0.3 is 0 Å². The van der Waals surface area contributed by atoms with E-state index in [4.69, 9.17) is 9.47 Å². The average Bonchev–Trinajstić information content (AvgIpc) is 2.96. The SMILES string of the molecule is COCC1CN(C(C)=O)CC12CCN(Cc1cccnc1OC)CC2. The van der Waals surface area contributed by atoms with Crippen LogP contribution in [0.4, 0.5) is 0 Å². The molecule has 2 fully saturated rings.